The van der Waals surface area contributed by atoms with Crippen LogP contribution in [-0.4, -0.2) is 34.5 Å². The van der Waals surface area contributed by atoms with E-state index < -0.39 is 10.0 Å². The van der Waals surface area contributed by atoms with Crippen LogP contribution in [0.4, 0.5) is 11.5 Å². The van der Waals surface area contributed by atoms with E-state index >= 15 is 0 Å². The average molecular weight is 316 g/mol. The van der Waals surface area contributed by atoms with Crippen LogP contribution >= 0.6 is 0 Å². The van der Waals surface area contributed by atoms with Gasteiger partial charge in [0, 0.05) is 27.3 Å². The Morgan fingerprint density at radius 1 is 1.09 bits per heavy atom. The summed E-state index contributed by atoms with van der Waals surface area (Å²) in [5.74, 6) is 0.558. The van der Waals surface area contributed by atoms with Crippen LogP contribution in [0.2, 0.25) is 0 Å². The van der Waals surface area contributed by atoms with E-state index in [-0.39, 0.29) is 4.90 Å². The first kappa shape index (κ1) is 15.8. The summed E-state index contributed by atoms with van der Waals surface area (Å²) >= 11 is 0. The number of nitrogens with zero attached hydrogens (tertiary/aromatic N) is 4. The van der Waals surface area contributed by atoms with E-state index in [9.17, 15) is 8.42 Å². The topological polar surface area (TPSA) is 77.3 Å². The molecule has 1 aromatic heterocycles. The van der Waals surface area contributed by atoms with Crippen molar-refractivity contribution in [1.82, 2.24) is 4.98 Å². The lowest BCUT2D eigenvalue weighted by atomic mass is 10.2. The molecule has 0 spiro atoms. The molecule has 0 saturated carbocycles. The molecule has 0 aliphatic rings. The number of rotatable bonds is 4. The zero-order valence-corrected chi connectivity index (χ0v) is 13.4. The van der Waals surface area contributed by atoms with Gasteiger partial charge in [0.1, 0.15) is 0 Å². The zero-order valence-electron chi connectivity index (χ0n) is 12.6. The summed E-state index contributed by atoms with van der Waals surface area (Å²) in [4.78, 5) is 6.09. The molecule has 7 heteroatoms. The van der Waals surface area contributed by atoms with Crippen molar-refractivity contribution in [2.45, 2.75) is 4.90 Å². The van der Waals surface area contributed by atoms with Gasteiger partial charge in [-0.2, -0.15) is 5.26 Å². The standard InChI is InChI=1S/C15H16N4O2S/c1-18(2)15-14(5-4-10-17-15)19(3)22(20,21)13-8-6-12(11-16)7-9-13/h4-10H,1-3H3. The highest BCUT2D eigenvalue weighted by Crippen LogP contribution is 2.29. The predicted octanol–water partition coefficient (Wildman–Crippen LogP) is 1.84. The SMILES string of the molecule is CN(C)c1ncccc1N(C)S(=O)(=O)c1ccc(C#N)cc1. The van der Waals surface area contributed by atoms with E-state index in [1.54, 1.807) is 37.3 Å². The fraction of sp³-hybridized carbons (Fsp3) is 0.200. The van der Waals surface area contributed by atoms with Crippen molar-refractivity contribution < 1.29 is 8.42 Å². The van der Waals surface area contributed by atoms with Gasteiger partial charge in [0.15, 0.2) is 5.82 Å². The lowest BCUT2D eigenvalue weighted by Crippen LogP contribution is -2.28. The van der Waals surface area contributed by atoms with Crippen molar-refractivity contribution in [3.8, 4) is 6.07 Å². The second kappa shape index (κ2) is 6.03. The first-order valence-electron chi connectivity index (χ1n) is 6.49. The molecule has 0 atom stereocenters. The van der Waals surface area contributed by atoms with Crippen molar-refractivity contribution >= 4 is 21.5 Å². The van der Waals surface area contributed by atoms with Gasteiger partial charge in [0.2, 0.25) is 0 Å². The van der Waals surface area contributed by atoms with Crippen LogP contribution < -0.4 is 9.21 Å². The third-order valence-corrected chi connectivity index (χ3v) is 4.96. The first-order chi connectivity index (χ1) is 10.4. The summed E-state index contributed by atoms with van der Waals surface area (Å²) in [7, 11) is 1.37. The number of anilines is 2. The van der Waals surface area contributed by atoms with Gasteiger partial charge in [-0.25, -0.2) is 13.4 Å². The highest BCUT2D eigenvalue weighted by Gasteiger charge is 2.24. The van der Waals surface area contributed by atoms with Crippen molar-refractivity contribution in [2.24, 2.45) is 0 Å². The minimum absolute atomic E-state index is 0.127. The molecule has 22 heavy (non-hydrogen) atoms. The van der Waals surface area contributed by atoms with Crippen LogP contribution in [0.1, 0.15) is 5.56 Å². The van der Waals surface area contributed by atoms with Gasteiger partial charge in [-0.15, -0.1) is 0 Å². The summed E-state index contributed by atoms with van der Waals surface area (Å²) in [6.07, 6.45) is 1.61. The van der Waals surface area contributed by atoms with Crippen molar-refractivity contribution in [3.05, 3.63) is 48.2 Å². The van der Waals surface area contributed by atoms with Crippen LogP contribution in [-0.2, 0) is 10.0 Å². The second-order valence-corrected chi connectivity index (χ2v) is 6.82. The maximum absolute atomic E-state index is 12.7. The van der Waals surface area contributed by atoms with Crippen molar-refractivity contribution in [3.63, 3.8) is 0 Å². The molecule has 2 aromatic rings. The molecule has 114 valence electrons. The Bertz CT molecular complexity index is 808. The maximum atomic E-state index is 12.7. The molecule has 0 bridgehead atoms. The minimum atomic E-state index is -3.72. The minimum Gasteiger partial charge on any atom is -0.361 e. The molecule has 0 unspecified atom stereocenters. The van der Waals surface area contributed by atoms with Gasteiger partial charge in [0.25, 0.3) is 10.0 Å². The summed E-state index contributed by atoms with van der Waals surface area (Å²) in [5.41, 5.74) is 0.897. The van der Waals surface area contributed by atoms with E-state index in [0.29, 0.717) is 17.1 Å². The summed E-state index contributed by atoms with van der Waals surface area (Å²) < 4.78 is 26.6. The highest BCUT2D eigenvalue weighted by atomic mass is 32.2. The molecule has 0 amide bonds. The van der Waals surface area contributed by atoms with Crippen LogP contribution in [0.25, 0.3) is 0 Å². The van der Waals surface area contributed by atoms with Crippen molar-refractivity contribution in [2.75, 3.05) is 30.3 Å². The smallest absolute Gasteiger partial charge is 0.264 e. The third-order valence-electron chi connectivity index (χ3n) is 3.17. The summed E-state index contributed by atoms with van der Waals surface area (Å²) in [6, 6.07) is 11.2. The first-order valence-corrected chi connectivity index (χ1v) is 7.93. The monoisotopic (exact) mass is 316 g/mol. The van der Waals surface area contributed by atoms with E-state index in [0.717, 1.165) is 0 Å². The number of sulfonamides is 1. The van der Waals surface area contributed by atoms with E-state index in [1.807, 2.05) is 6.07 Å². The predicted molar refractivity (Wildman–Crippen MR) is 85.3 cm³/mol. The molecule has 6 nitrogen and oxygen atoms in total. The Hall–Kier alpha value is -2.59. The number of pyridine rings is 1. The number of hydrogen-bond acceptors (Lipinski definition) is 5. The Morgan fingerprint density at radius 3 is 2.27 bits per heavy atom. The molecule has 0 aliphatic heterocycles. The molecule has 0 N–H and O–H groups in total. The van der Waals surface area contributed by atoms with E-state index in [2.05, 4.69) is 4.98 Å². The van der Waals surface area contributed by atoms with Gasteiger partial charge in [-0.05, 0) is 36.4 Å². The number of hydrogen-bond donors (Lipinski definition) is 0. The Kier molecular flexibility index (Phi) is 4.33. The van der Waals surface area contributed by atoms with Crippen LogP contribution in [0.3, 0.4) is 0 Å². The van der Waals surface area contributed by atoms with Crippen LogP contribution in [0.5, 0.6) is 0 Å². The molecule has 2 rings (SSSR count). The molecule has 1 aromatic carbocycles. The van der Waals surface area contributed by atoms with Gasteiger partial charge in [-0.1, -0.05) is 0 Å². The lowest BCUT2D eigenvalue weighted by Gasteiger charge is -2.24. The summed E-state index contributed by atoms with van der Waals surface area (Å²) in [6.45, 7) is 0. The van der Waals surface area contributed by atoms with Crippen molar-refractivity contribution in [1.29, 1.82) is 5.26 Å². The highest BCUT2D eigenvalue weighted by molar-refractivity contribution is 7.92. The molecule has 0 aliphatic carbocycles. The Labute approximate surface area is 130 Å². The third kappa shape index (κ3) is 2.87. The van der Waals surface area contributed by atoms with E-state index in [1.165, 1.54) is 35.6 Å². The quantitative estimate of drug-likeness (QED) is 0.860. The largest absolute Gasteiger partial charge is 0.361 e. The van der Waals surface area contributed by atoms with Gasteiger partial charge < -0.3 is 4.90 Å². The number of aromatic nitrogens is 1. The van der Waals surface area contributed by atoms with Gasteiger partial charge >= 0.3 is 0 Å². The van der Waals surface area contributed by atoms with Crippen LogP contribution in [0.15, 0.2) is 47.5 Å². The van der Waals surface area contributed by atoms with Gasteiger partial charge in [-0.3, -0.25) is 4.31 Å². The van der Waals surface area contributed by atoms with E-state index in [4.69, 9.17) is 5.26 Å². The summed E-state index contributed by atoms with van der Waals surface area (Å²) in [5, 5.41) is 8.79. The van der Waals surface area contributed by atoms with Gasteiger partial charge in [0.05, 0.1) is 22.2 Å². The Morgan fingerprint density at radius 2 is 1.73 bits per heavy atom. The number of benzene rings is 1. The molecule has 0 radical (unpaired) electrons. The molecular weight excluding hydrogens is 300 g/mol. The average Bonchev–Trinajstić information content (AvgIpc) is 2.54. The zero-order chi connectivity index (χ0) is 16.3. The molecule has 0 fully saturated rings. The fourth-order valence-corrected chi connectivity index (χ4v) is 3.17. The normalized spacial score (nSPS) is 10.8. The molecule has 1 heterocycles. The molecule has 0 saturated heterocycles. The second-order valence-electron chi connectivity index (χ2n) is 4.85. The maximum Gasteiger partial charge on any atom is 0.264 e. The Balaban J connectivity index is 2.47. The number of nitriles is 1. The molecular formula is C15H16N4O2S. The van der Waals surface area contributed by atoms with Crippen LogP contribution in [0, 0.1) is 11.3 Å². The fourth-order valence-electron chi connectivity index (χ4n) is 1.97. The lowest BCUT2D eigenvalue weighted by molar-refractivity contribution is 0.594.